The molecule has 172 valence electrons. The molecule has 0 spiro atoms. The standard InChI is InChI=1S/C25H29FN6O/c1-15-10-24(3)12-19(22(26)25(4,11-15)31-24)16(2)20-13-28-23(30-29-20)18-6-5-17(9-21(18)33)32-8-7-27-14-32/h5-9,13-15,19,22,31,33H,2,10-12H2,1,3-4H3/t15-,19?,22-,24+,25-/m1/s1. The molecule has 2 bridgehead atoms. The summed E-state index contributed by atoms with van der Waals surface area (Å²) in [7, 11) is 0. The number of imidazole rings is 1. The molecule has 2 saturated heterocycles. The normalized spacial score (nSPS) is 31.3. The Bertz CT molecular complexity index is 1180. The van der Waals surface area contributed by atoms with Gasteiger partial charge in [0.05, 0.1) is 23.8 Å². The van der Waals surface area contributed by atoms with Crippen LogP contribution in [0.4, 0.5) is 4.39 Å². The van der Waals surface area contributed by atoms with Crippen LogP contribution in [0.3, 0.4) is 0 Å². The van der Waals surface area contributed by atoms with Gasteiger partial charge in [0.1, 0.15) is 17.6 Å². The third kappa shape index (κ3) is 3.82. The second-order valence-electron chi connectivity index (χ2n) is 10.2. The number of alkyl halides is 1. The van der Waals surface area contributed by atoms with Gasteiger partial charge in [-0.1, -0.05) is 13.5 Å². The molecular formula is C25H29FN6O. The summed E-state index contributed by atoms with van der Waals surface area (Å²) in [6.07, 6.45) is 8.09. The number of phenolic OH excluding ortho intramolecular Hbond substituents is 1. The molecule has 2 aliphatic heterocycles. The molecular weight excluding hydrogens is 419 g/mol. The smallest absolute Gasteiger partial charge is 0.185 e. The van der Waals surface area contributed by atoms with E-state index in [2.05, 4.69) is 45.9 Å². The number of rotatable bonds is 4. The van der Waals surface area contributed by atoms with Gasteiger partial charge < -0.3 is 15.0 Å². The number of halogens is 1. The minimum Gasteiger partial charge on any atom is -0.507 e. The lowest BCUT2D eigenvalue weighted by Crippen LogP contribution is -2.70. The fraction of sp³-hybridized carbons (Fsp3) is 0.440. The molecule has 1 unspecified atom stereocenters. The minimum atomic E-state index is -1.07. The minimum absolute atomic E-state index is 0.0412. The monoisotopic (exact) mass is 448 g/mol. The van der Waals surface area contributed by atoms with E-state index in [0.29, 0.717) is 35.0 Å². The lowest BCUT2D eigenvalue weighted by molar-refractivity contribution is -0.0251. The molecule has 4 heterocycles. The van der Waals surface area contributed by atoms with E-state index in [1.807, 2.05) is 13.0 Å². The van der Waals surface area contributed by atoms with Crippen LogP contribution in [-0.4, -0.2) is 47.1 Å². The summed E-state index contributed by atoms with van der Waals surface area (Å²) in [5, 5.41) is 22.6. The van der Waals surface area contributed by atoms with E-state index in [4.69, 9.17) is 0 Å². The quantitative estimate of drug-likeness (QED) is 0.617. The van der Waals surface area contributed by atoms with Gasteiger partial charge in [0.15, 0.2) is 5.82 Å². The van der Waals surface area contributed by atoms with Crippen molar-refractivity contribution < 1.29 is 9.50 Å². The summed E-state index contributed by atoms with van der Waals surface area (Å²) in [4.78, 5) is 8.43. The summed E-state index contributed by atoms with van der Waals surface area (Å²) >= 11 is 0. The van der Waals surface area contributed by atoms with Crippen molar-refractivity contribution in [3.8, 4) is 22.8 Å². The number of hydrogen-bond acceptors (Lipinski definition) is 6. The molecule has 2 N–H and O–H groups in total. The topological polar surface area (TPSA) is 88.8 Å². The average Bonchev–Trinajstić information content (AvgIpc) is 3.30. The first-order chi connectivity index (χ1) is 15.7. The predicted molar refractivity (Wildman–Crippen MR) is 124 cm³/mol. The average molecular weight is 449 g/mol. The maximum atomic E-state index is 15.7. The Kier molecular flexibility index (Phi) is 5.08. The molecule has 0 aliphatic carbocycles. The van der Waals surface area contributed by atoms with E-state index >= 15 is 4.39 Å². The largest absolute Gasteiger partial charge is 0.507 e. The highest BCUT2D eigenvalue weighted by Gasteiger charge is 2.54. The molecule has 5 rings (SSSR count). The van der Waals surface area contributed by atoms with E-state index in [-0.39, 0.29) is 17.2 Å². The number of piperidine rings is 2. The molecule has 0 saturated carbocycles. The van der Waals surface area contributed by atoms with Crippen molar-refractivity contribution >= 4 is 5.57 Å². The summed E-state index contributed by atoms with van der Waals surface area (Å²) < 4.78 is 17.5. The summed E-state index contributed by atoms with van der Waals surface area (Å²) in [6.45, 7) is 10.6. The maximum Gasteiger partial charge on any atom is 0.185 e. The van der Waals surface area contributed by atoms with Crippen LogP contribution >= 0.6 is 0 Å². The summed E-state index contributed by atoms with van der Waals surface area (Å²) in [5.41, 5.74) is 1.64. The predicted octanol–water partition coefficient (Wildman–Crippen LogP) is 4.34. The van der Waals surface area contributed by atoms with Gasteiger partial charge in [-0.05, 0) is 56.7 Å². The molecule has 2 aliphatic rings. The van der Waals surface area contributed by atoms with Gasteiger partial charge in [0.25, 0.3) is 0 Å². The number of aromatic hydroxyl groups is 1. The first kappa shape index (κ1) is 21.7. The zero-order chi connectivity index (χ0) is 23.4. The van der Waals surface area contributed by atoms with Gasteiger partial charge in [-0.15, -0.1) is 10.2 Å². The molecule has 8 heteroatoms. The molecule has 0 radical (unpaired) electrons. The van der Waals surface area contributed by atoms with Crippen molar-refractivity contribution in [3.05, 3.63) is 55.4 Å². The van der Waals surface area contributed by atoms with Gasteiger partial charge in [0, 0.05) is 35.5 Å². The highest BCUT2D eigenvalue weighted by Crippen LogP contribution is 2.49. The number of fused-ring (bicyclic) bond motifs is 2. The Morgan fingerprint density at radius 3 is 2.73 bits per heavy atom. The number of aromatic nitrogens is 5. The van der Waals surface area contributed by atoms with Crippen molar-refractivity contribution in [2.45, 2.75) is 57.3 Å². The molecule has 2 aromatic heterocycles. The molecule has 2 fully saturated rings. The fourth-order valence-corrected chi connectivity index (χ4v) is 6.02. The molecule has 33 heavy (non-hydrogen) atoms. The Hall–Kier alpha value is -3.13. The van der Waals surface area contributed by atoms with Crippen LogP contribution in [0.5, 0.6) is 5.75 Å². The maximum absolute atomic E-state index is 15.7. The number of hydrogen-bond donors (Lipinski definition) is 2. The van der Waals surface area contributed by atoms with Crippen molar-refractivity contribution in [2.75, 3.05) is 0 Å². The van der Waals surface area contributed by atoms with E-state index in [1.54, 1.807) is 41.6 Å². The number of nitrogens with one attached hydrogen (secondary N) is 1. The van der Waals surface area contributed by atoms with Crippen LogP contribution in [0.2, 0.25) is 0 Å². The van der Waals surface area contributed by atoms with E-state index < -0.39 is 11.7 Å². The Labute approximate surface area is 192 Å². The Morgan fingerprint density at radius 1 is 1.24 bits per heavy atom. The zero-order valence-corrected chi connectivity index (χ0v) is 19.2. The number of benzene rings is 1. The van der Waals surface area contributed by atoms with Crippen molar-refractivity contribution in [2.24, 2.45) is 11.8 Å². The molecule has 3 aromatic rings. The zero-order valence-electron chi connectivity index (χ0n) is 19.2. The summed E-state index contributed by atoms with van der Waals surface area (Å²) in [5.74, 6) is 0.466. The van der Waals surface area contributed by atoms with E-state index in [0.717, 1.165) is 18.5 Å². The summed E-state index contributed by atoms with van der Waals surface area (Å²) in [6, 6.07) is 5.21. The highest BCUT2D eigenvalue weighted by molar-refractivity contribution is 5.67. The van der Waals surface area contributed by atoms with E-state index in [1.165, 1.54) is 0 Å². The Morgan fingerprint density at radius 2 is 2.06 bits per heavy atom. The molecule has 0 amide bonds. The van der Waals surface area contributed by atoms with Crippen molar-refractivity contribution in [1.29, 1.82) is 0 Å². The Balaban J connectivity index is 1.38. The first-order valence-electron chi connectivity index (χ1n) is 11.3. The van der Waals surface area contributed by atoms with Crippen LogP contribution < -0.4 is 5.32 Å². The molecule has 5 atom stereocenters. The fourth-order valence-electron chi connectivity index (χ4n) is 6.02. The van der Waals surface area contributed by atoms with Gasteiger partial charge >= 0.3 is 0 Å². The third-order valence-corrected chi connectivity index (χ3v) is 7.15. The number of allylic oxidation sites excluding steroid dienone is 1. The second kappa shape index (κ2) is 7.73. The molecule has 7 nitrogen and oxygen atoms in total. The second-order valence-corrected chi connectivity index (χ2v) is 10.2. The molecule has 1 aromatic carbocycles. The van der Waals surface area contributed by atoms with Gasteiger partial charge in [-0.3, -0.25) is 0 Å². The highest BCUT2D eigenvalue weighted by atomic mass is 19.1. The lowest BCUT2D eigenvalue weighted by atomic mass is 9.61. The lowest BCUT2D eigenvalue weighted by Gasteiger charge is -2.57. The van der Waals surface area contributed by atoms with Gasteiger partial charge in [-0.25, -0.2) is 14.4 Å². The van der Waals surface area contributed by atoms with Crippen molar-refractivity contribution in [3.63, 3.8) is 0 Å². The van der Waals surface area contributed by atoms with Gasteiger partial charge in [-0.2, -0.15) is 0 Å². The first-order valence-corrected chi connectivity index (χ1v) is 11.3. The third-order valence-electron chi connectivity index (χ3n) is 7.15. The number of phenols is 1. The van der Waals surface area contributed by atoms with Crippen molar-refractivity contribution in [1.82, 2.24) is 30.0 Å². The van der Waals surface area contributed by atoms with Crippen LogP contribution in [0.15, 0.2) is 49.7 Å². The van der Waals surface area contributed by atoms with Crippen LogP contribution in [0.1, 0.15) is 45.7 Å². The van der Waals surface area contributed by atoms with Gasteiger partial charge in [0.2, 0.25) is 0 Å². The van der Waals surface area contributed by atoms with Crippen LogP contribution in [0.25, 0.3) is 22.6 Å². The van der Waals surface area contributed by atoms with E-state index in [9.17, 15) is 5.11 Å². The number of nitrogens with zero attached hydrogens (tertiary/aromatic N) is 5. The van der Waals surface area contributed by atoms with Crippen LogP contribution in [0, 0.1) is 11.8 Å². The SMILES string of the molecule is C=C(c1cnc(-c2ccc(-n3ccnc3)cc2O)nn1)C1C[C@]2(C)C[C@@H](C)C[C@@](C)(N2)[C@@H]1F. The van der Waals surface area contributed by atoms with Crippen LogP contribution in [-0.2, 0) is 0 Å².